The van der Waals surface area contributed by atoms with Crippen LogP contribution < -0.4 is 10.6 Å². The molecular weight excluding hydrogens is 416 g/mol. The van der Waals surface area contributed by atoms with E-state index in [0.29, 0.717) is 16.7 Å². The lowest BCUT2D eigenvalue weighted by atomic mass is 9.91. The van der Waals surface area contributed by atoms with E-state index in [4.69, 9.17) is 16.3 Å². The number of nitrogens with zero attached hydrogens (tertiary/aromatic N) is 4. The molecule has 0 aromatic carbocycles. The van der Waals surface area contributed by atoms with E-state index in [0.717, 1.165) is 36.8 Å². The van der Waals surface area contributed by atoms with E-state index >= 15 is 0 Å². The van der Waals surface area contributed by atoms with Gasteiger partial charge >= 0.3 is 6.09 Å². The number of anilines is 1. The van der Waals surface area contributed by atoms with Gasteiger partial charge in [0.2, 0.25) is 5.95 Å². The number of carbonyl (C=O) groups excluding carboxylic acids is 1. The highest BCUT2D eigenvalue weighted by Gasteiger charge is 2.26. The molecule has 0 spiro atoms. The fourth-order valence-corrected chi connectivity index (χ4v) is 4.04. The standard InChI is InChI=1S/C22H27ClN6O2/c1-22(2,3)31-21(30)27-15-8-6-7-14(11-15)26-20-24-13-17(23)19(28-20)16-12-25-29-10-5-4-9-18(16)29/h4-5,9-10,12-15H,6-8,11H2,1-3H3,(H,27,30)(H,24,26,28). The van der Waals surface area contributed by atoms with Crippen molar-refractivity contribution in [2.75, 3.05) is 5.32 Å². The molecule has 3 aromatic heterocycles. The largest absolute Gasteiger partial charge is 0.444 e. The molecule has 0 saturated heterocycles. The summed E-state index contributed by atoms with van der Waals surface area (Å²) in [6.07, 6.45) is 8.54. The Bertz CT molecular complexity index is 1080. The fourth-order valence-electron chi connectivity index (χ4n) is 3.85. The lowest BCUT2D eigenvalue weighted by molar-refractivity contribution is 0.0492. The lowest BCUT2D eigenvalue weighted by Crippen LogP contribution is -2.44. The van der Waals surface area contributed by atoms with E-state index in [9.17, 15) is 4.79 Å². The van der Waals surface area contributed by atoms with Gasteiger partial charge in [0.05, 0.1) is 28.6 Å². The number of fused-ring (bicyclic) bond motifs is 1. The van der Waals surface area contributed by atoms with Gasteiger partial charge in [-0.3, -0.25) is 0 Å². The van der Waals surface area contributed by atoms with Gasteiger partial charge in [-0.05, 0) is 58.6 Å². The van der Waals surface area contributed by atoms with Gasteiger partial charge in [-0.15, -0.1) is 0 Å². The number of hydrogen-bond donors (Lipinski definition) is 2. The molecule has 0 radical (unpaired) electrons. The molecule has 9 heteroatoms. The van der Waals surface area contributed by atoms with E-state index in [2.05, 4.69) is 25.7 Å². The molecule has 0 bridgehead atoms. The van der Waals surface area contributed by atoms with Gasteiger partial charge in [0.15, 0.2) is 0 Å². The Labute approximate surface area is 186 Å². The van der Waals surface area contributed by atoms with Crippen LogP contribution >= 0.6 is 11.6 Å². The van der Waals surface area contributed by atoms with Gasteiger partial charge in [-0.1, -0.05) is 17.7 Å². The molecule has 1 aliphatic carbocycles. The monoisotopic (exact) mass is 442 g/mol. The molecule has 1 amide bonds. The minimum atomic E-state index is -0.512. The maximum atomic E-state index is 12.1. The smallest absolute Gasteiger partial charge is 0.407 e. The number of pyridine rings is 1. The molecule has 2 N–H and O–H groups in total. The molecule has 3 aromatic rings. The predicted molar refractivity (Wildman–Crippen MR) is 120 cm³/mol. The second-order valence-electron chi connectivity index (χ2n) is 8.83. The van der Waals surface area contributed by atoms with Crippen molar-refractivity contribution in [3.05, 3.63) is 41.8 Å². The van der Waals surface area contributed by atoms with E-state index in [-0.39, 0.29) is 18.2 Å². The van der Waals surface area contributed by atoms with Crippen LogP contribution in [0.2, 0.25) is 5.02 Å². The Morgan fingerprint density at radius 1 is 1.23 bits per heavy atom. The number of rotatable bonds is 4. The van der Waals surface area contributed by atoms with Crippen molar-refractivity contribution in [2.24, 2.45) is 0 Å². The van der Waals surface area contributed by atoms with E-state index in [1.807, 2.05) is 45.2 Å². The third-order valence-electron chi connectivity index (χ3n) is 5.15. The Morgan fingerprint density at radius 2 is 2.03 bits per heavy atom. The van der Waals surface area contributed by atoms with E-state index in [1.54, 1.807) is 16.9 Å². The summed E-state index contributed by atoms with van der Waals surface area (Å²) in [5.41, 5.74) is 1.90. The first-order chi connectivity index (χ1) is 14.8. The summed E-state index contributed by atoms with van der Waals surface area (Å²) in [5.74, 6) is 0.512. The number of amides is 1. The van der Waals surface area contributed by atoms with Crippen LogP contribution in [0, 0.1) is 0 Å². The summed E-state index contributed by atoms with van der Waals surface area (Å²) in [4.78, 5) is 21.1. The first-order valence-corrected chi connectivity index (χ1v) is 10.9. The molecule has 0 aliphatic heterocycles. The Hall–Kier alpha value is -2.87. The van der Waals surface area contributed by atoms with E-state index < -0.39 is 5.60 Å². The first kappa shape index (κ1) is 21.4. The number of nitrogens with one attached hydrogen (secondary N) is 2. The predicted octanol–water partition coefficient (Wildman–Crippen LogP) is 4.69. The van der Waals surface area contributed by atoms with Crippen LogP contribution in [0.15, 0.2) is 36.8 Å². The van der Waals surface area contributed by atoms with Crippen LogP contribution in [0.5, 0.6) is 0 Å². The van der Waals surface area contributed by atoms with Crippen molar-refractivity contribution in [2.45, 2.75) is 64.1 Å². The maximum absolute atomic E-state index is 12.1. The summed E-state index contributed by atoms with van der Waals surface area (Å²) in [7, 11) is 0. The Balaban J connectivity index is 1.46. The fraction of sp³-hybridized carbons (Fsp3) is 0.455. The zero-order chi connectivity index (χ0) is 22.0. The number of alkyl carbamates (subject to hydrolysis) is 1. The van der Waals surface area contributed by atoms with Crippen LogP contribution in [0.3, 0.4) is 0 Å². The van der Waals surface area contributed by atoms with Crippen molar-refractivity contribution in [1.82, 2.24) is 24.9 Å². The molecule has 3 heterocycles. The second-order valence-corrected chi connectivity index (χ2v) is 9.24. The molecule has 31 heavy (non-hydrogen) atoms. The van der Waals surface area contributed by atoms with Gasteiger partial charge in [-0.2, -0.15) is 5.10 Å². The summed E-state index contributed by atoms with van der Waals surface area (Å²) in [6.45, 7) is 5.58. The van der Waals surface area contributed by atoms with Gasteiger partial charge in [0.25, 0.3) is 0 Å². The minimum absolute atomic E-state index is 0.0486. The maximum Gasteiger partial charge on any atom is 0.407 e. The van der Waals surface area contributed by atoms with Gasteiger partial charge in [0.1, 0.15) is 5.60 Å². The topological polar surface area (TPSA) is 93.4 Å². The number of halogens is 1. The zero-order valence-electron chi connectivity index (χ0n) is 17.9. The highest BCUT2D eigenvalue weighted by atomic mass is 35.5. The molecular formula is C22H27ClN6O2. The molecule has 1 fully saturated rings. The number of aromatic nitrogens is 4. The quantitative estimate of drug-likeness (QED) is 0.608. The first-order valence-electron chi connectivity index (χ1n) is 10.5. The number of hydrogen-bond acceptors (Lipinski definition) is 6. The lowest BCUT2D eigenvalue weighted by Gasteiger charge is -2.31. The highest BCUT2D eigenvalue weighted by Crippen LogP contribution is 2.30. The van der Waals surface area contributed by atoms with E-state index in [1.165, 1.54) is 0 Å². The number of carbonyl (C=O) groups is 1. The third-order valence-corrected chi connectivity index (χ3v) is 5.43. The molecule has 8 nitrogen and oxygen atoms in total. The molecule has 164 valence electrons. The van der Waals surface area contributed by atoms with Gasteiger partial charge in [0, 0.05) is 23.8 Å². The summed E-state index contributed by atoms with van der Waals surface area (Å²) < 4.78 is 7.17. The number of ether oxygens (including phenoxy) is 1. The molecule has 1 aliphatic rings. The van der Waals surface area contributed by atoms with Crippen molar-refractivity contribution in [1.29, 1.82) is 0 Å². The molecule has 2 atom stereocenters. The van der Waals surface area contributed by atoms with Crippen LogP contribution in [-0.2, 0) is 4.74 Å². The average Bonchev–Trinajstić information content (AvgIpc) is 3.12. The second kappa shape index (κ2) is 8.70. The molecule has 2 unspecified atom stereocenters. The van der Waals surface area contributed by atoms with Crippen LogP contribution in [-0.4, -0.2) is 43.4 Å². The summed E-state index contributed by atoms with van der Waals surface area (Å²) in [6, 6.07) is 6.04. The summed E-state index contributed by atoms with van der Waals surface area (Å²) in [5, 5.41) is 11.2. The van der Waals surface area contributed by atoms with Crippen LogP contribution in [0.25, 0.3) is 16.8 Å². The Kier molecular flexibility index (Phi) is 6.00. The summed E-state index contributed by atoms with van der Waals surface area (Å²) >= 11 is 6.41. The average molecular weight is 443 g/mol. The molecule has 1 saturated carbocycles. The zero-order valence-corrected chi connectivity index (χ0v) is 18.7. The Morgan fingerprint density at radius 3 is 2.84 bits per heavy atom. The van der Waals surface area contributed by atoms with Crippen molar-refractivity contribution in [3.63, 3.8) is 0 Å². The molecule has 4 rings (SSSR count). The van der Waals surface area contributed by atoms with Crippen LogP contribution in [0.1, 0.15) is 46.5 Å². The van der Waals surface area contributed by atoms with Crippen LogP contribution in [0.4, 0.5) is 10.7 Å². The van der Waals surface area contributed by atoms with Gasteiger partial charge < -0.3 is 15.4 Å². The third kappa shape index (κ3) is 5.25. The van der Waals surface area contributed by atoms with Gasteiger partial charge in [-0.25, -0.2) is 19.3 Å². The SMILES string of the molecule is CC(C)(C)OC(=O)NC1CCCC(Nc2ncc(Cl)c(-c3cnn4ccccc34)n2)C1. The minimum Gasteiger partial charge on any atom is -0.444 e. The highest BCUT2D eigenvalue weighted by molar-refractivity contribution is 6.33. The van der Waals surface area contributed by atoms with Crippen molar-refractivity contribution < 1.29 is 9.53 Å². The van der Waals surface area contributed by atoms with Crippen molar-refractivity contribution in [3.8, 4) is 11.3 Å². The van der Waals surface area contributed by atoms with Crippen molar-refractivity contribution >= 4 is 29.2 Å². The normalized spacial score (nSPS) is 19.2.